The number of carbonyl (C=O) groups is 2. The Kier molecular flexibility index (Phi) is 6.67. The van der Waals surface area contributed by atoms with Gasteiger partial charge in [0.25, 0.3) is 5.91 Å². The molecule has 4 aromatic rings. The van der Waals surface area contributed by atoms with E-state index in [0.29, 0.717) is 4.88 Å². The fraction of sp³-hybridized carbons (Fsp3) is 0.0833. The molecule has 0 atom stereocenters. The van der Waals surface area contributed by atoms with E-state index in [9.17, 15) is 22.8 Å². The van der Waals surface area contributed by atoms with E-state index in [2.05, 4.69) is 5.32 Å². The summed E-state index contributed by atoms with van der Waals surface area (Å²) in [6, 6.07) is 15.7. The summed E-state index contributed by atoms with van der Waals surface area (Å²) in [5, 5.41) is 3.26. The second-order valence-electron chi connectivity index (χ2n) is 7.26. The minimum atomic E-state index is -0.787. The first-order chi connectivity index (χ1) is 15.8. The predicted molar refractivity (Wildman–Crippen MR) is 123 cm³/mol. The van der Waals surface area contributed by atoms with Crippen LogP contribution in [-0.2, 0) is 11.3 Å². The summed E-state index contributed by atoms with van der Waals surface area (Å²) in [4.78, 5) is 27.5. The Morgan fingerprint density at radius 1 is 0.939 bits per heavy atom. The Bertz CT molecular complexity index is 1310. The molecule has 0 aliphatic heterocycles. The maximum atomic E-state index is 13.7. The van der Waals surface area contributed by atoms with Crippen molar-refractivity contribution in [1.29, 1.82) is 0 Å². The summed E-state index contributed by atoms with van der Waals surface area (Å²) < 4.78 is 41.7. The highest BCUT2D eigenvalue weighted by molar-refractivity contribution is 7.20. The molecular formula is C24H16ClF3N2O2S. The van der Waals surface area contributed by atoms with Crippen LogP contribution in [0.1, 0.15) is 15.2 Å². The van der Waals surface area contributed by atoms with E-state index in [0.717, 1.165) is 34.4 Å². The van der Waals surface area contributed by atoms with Crippen molar-refractivity contribution in [3.63, 3.8) is 0 Å². The molecule has 4 rings (SSSR count). The third-order valence-electron chi connectivity index (χ3n) is 4.76. The zero-order valence-corrected chi connectivity index (χ0v) is 18.5. The van der Waals surface area contributed by atoms with Gasteiger partial charge in [0.05, 0.1) is 9.90 Å². The molecule has 0 aliphatic rings. The highest BCUT2D eigenvalue weighted by Crippen LogP contribution is 2.27. The van der Waals surface area contributed by atoms with Crippen LogP contribution in [0.5, 0.6) is 0 Å². The van der Waals surface area contributed by atoms with Gasteiger partial charge in [-0.2, -0.15) is 0 Å². The largest absolute Gasteiger partial charge is 0.324 e. The van der Waals surface area contributed by atoms with E-state index in [-0.39, 0.29) is 22.8 Å². The standard InChI is InChI=1S/C24H16ClF3N2O2S/c25-19-11-18(5-6-20(19)28)29-23(31)13-30(12-14-7-16(26)10-17(27)8-14)24(32)22-9-15-3-1-2-4-21(15)33-22/h1-11H,12-13H2,(H,29,31). The van der Waals surface area contributed by atoms with Crippen LogP contribution in [0.15, 0.2) is 66.7 Å². The number of fused-ring (bicyclic) bond motifs is 1. The van der Waals surface area contributed by atoms with Gasteiger partial charge in [-0.1, -0.05) is 29.8 Å². The number of hydrogen-bond acceptors (Lipinski definition) is 3. The van der Waals surface area contributed by atoms with Crippen LogP contribution < -0.4 is 5.32 Å². The highest BCUT2D eigenvalue weighted by atomic mass is 35.5. The Hall–Kier alpha value is -3.36. The van der Waals surface area contributed by atoms with Crippen LogP contribution in [0.3, 0.4) is 0 Å². The molecule has 4 nitrogen and oxygen atoms in total. The average Bonchev–Trinajstić information content (AvgIpc) is 3.19. The lowest BCUT2D eigenvalue weighted by Gasteiger charge is -2.22. The molecule has 0 unspecified atom stereocenters. The number of benzene rings is 3. The van der Waals surface area contributed by atoms with Gasteiger partial charge >= 0.3 is 0 Å². The van der Waals surface area contributed by atoms with Crippen LogP contribution in [0.25, 0.3) is 10.1 Å². The molecule has 1 N–H and O–H groups in total. The Morgan fingerprint density at radius 2 is 1.67 bits per heavy atom. The maximum Gasteiger partial charge on any atom is 0.264 e. The summed E-state index contributed by atoms with van der Waals surface area (Å²) in [5.41, 5.74) is 0.442. The van der Waals surface area contributed by atoms with Crippen LogP contribution in [0.4, 0.5) is 18.9 Å². The molecule has 168 valence electrons. The summed E-state index contributed by atoms with van der Waals surface area (Å²) in [7, 11) is 0. The molecule has 0 spiro atoms. The van der Waals surface area contributed by atoms with Crippen molar-refractivity contribution in [2.75, 3.05) is 11.9 Å². The second kappa shape index (κ2) is 9.64. The van der Waals surface area contributed by atoms with E-state index >= 15 is 0 Å². The fourth-order valence-electron chi connectivity index (χ4n) is 3.31. The molecule has 0 radical (unpaired) electrons. The zero-order valence-electron chi connectivity index (χ0n) is 16.9. The lowest BCUT2D eigenvalue weighted by Crippen LogP contribution is -2.37. The number of amides is 2. The van der Waals surface area contributed by atoms with Crippen LogP contribution in [-0.4, -0.2) is 23.3 Å². The summed E-state index contributed by atoms with van der Waals surface area (Å²) >= 11 is 7.00. The fourth-order valence-corrected chi connectivity index (χ4v) is 4.52. The van der Waals surface area contributed by atoms with Gasteiger partial charge in [-0.15, -0.1) is 11.3 Å². The molecule has 33 heavy (non-hydrogen) atoms. The van der Waals surface area contributed by atoms with Gasteiger partial charge in [0, 0.05) is 23.0 Å². The Morgan fingerprint density at radius 3 is 2.36 bits per heavy atom. The highest BCUT2D eigenvalue weighted by Gasteiger charge is 2.22. The molecule has 0 aliphatic carbocycles. The number of rotatable bonds is 6. The molecular weight excluding hydrogens is 473 g/mol. The average molecular weight is 489 g/mol. The molecule has 9 heteroatoms. The normalized spacial score (nSPS) is 10.9. The SMILES string of the molecule is O=C(CN(Cc1cc(F)cc(F)c1)C(=O)c1cc2ccccc2s1)Nc1ccc(F)c(Cl)c1. The van der Waals surface area contributed by atoms with Gasteiger partial charge in [0.1, 0.15) is 24.0 Å². The van der Waals surface area contributed by atoms with E-state index in [1.165, 1.54) is 28.4 Å². The topological polar surface area (TPSA) is 49.4 Å². The number of thiophene rings is 1. The first-order valence-electron chi connectivity index (χ1n) is 9.76. The first-order valence-corrected chi connectivity index (χ1v) is 11.0. The Labute approximate surface area is 196 Å². The van der Waals surface area contributed by atoms with Crippen molar-refractivity contribution in [1.82, 2.24) is 4.90 Å². The van der Waals surface area contributed by atoms with Crippen molar-refractivity contribution >= 4 is 50.5 Å². The van der Waals surface area contributed by atoms with Crippen LogP contribution in [0, 0.1) is 17.5 Å². The van der Waals surface area contributed by atoms with E-state index < -0.39 is 35.8 Å². The molecule has 0 saturated heterocycles. The van der Waals surface area contributed by atoms with Gasteiger partial charge in [-0.3, -0.25) is 9.59 Å². The minimum absolute atomic E-state index is 0.166. The monoisotopic (exact) mass is 488 g/mol. The number of hydrogen-bond donors (Lipinski definition) is 1. The quantitative estimate of drug-likeness (QED) is 0.348. The molecule has 3 aromatic carbocycles. The Balaban J connectivity index is 1.60. The first kappa shape index (κ1) is 22.8. The molecule has 0 bridgehead atoms. The number of nitrogens with zero attached hydrogens (tertiary/aromatic N) is 1. The van der Waals surface area contributed by atoms with Crippen molar-refractivity contribution in [2.45, 2.75) is 6.54 Å². The van der Waals surface area contributed by atoms with Crippen LogP contribution in [0.2, 0.25) is 5.02 Å². The zero-order chi connectivity index (χ0) is 23.5. The summed E-state index contributed by atoms with van der Waals surface area (Å²) in [6.45, 7) is -0.598. The smallest absolute Gasteiger partial charge is 0.264 e. The van der Waals surface area contributed by atoms with Crippen LogP contribution >= 0.6 is 22.9 Å². The van der Waals surface area contributed by atoms with E-state index in [1.54, 1.807) is 6.07 Å². The van der Waals surface area contributed by atoms with E-state index in [1.807, 2.05) is 24.3 Å². The third kappa shape index (κ3) is 5.53. The summed E-state index contributed by atoms with van der Waals surface area (Å²) in [5.74, 6) is -3.25. The molecule has 0 fully saturated rings. The van der Waals surface area contributed by atoms with Crippen molar-refractivity contribution in [2.24, 2.45) is 0 Å². The predicted octanol–water partition coefficient (Wildman–Crippen LogP) is 6.25. The van der Waals surface area contributed by atoms with Gasteiger partial charge in [0.2, 0.25) is 5.91 Å². The number of anilines is 1. The number of carbonyl (C=O) groups excluding carboxylic acids is 2. The van der Waals surface area contributed by atoms with Gasteiger partial charge < -0.3 is 10.2 Å². The van der Waals surface area contributed by atoms with Gasteiger partial charge in [-0.05, 0) is 53.4 Å². The lowest BCUT2D eigenvalue weighted by atomic mass is 10.2. The second-order valence-corrected chi connectivity index (χ2v) is 8.76. The molecule has 1 heterocycles. The minimum Gasteiger partial charge on any atom is -0.324 e. The number of halogens is 4. The lowest BCUT2D eigenvalue weighted by molar-refractivity contribution is -0.117. The van der Waals surface area contributed by atoms with Gasteiger partial charge in [0.15, 0.2) is 0 Å². The molecule has 1 aromatic heterocycles. The number of nitrogens with one attached hydrogen (secondary N) is 1. The van der Waals surface area contributed by atoms with Crippen molar-refractivity contribution in [3.05, 3.63) is 99.6 Å². The van der Waals surface area contributed by atoms with Gasteiger partial charge in [-0.25, -0.2) is 13.2 Å². The van der Waals surface area contributed by atoms with Crippen molar-refractivity contribution in [3.8, 4) is 0 Å². The van der Waals surface area contributed by atoms with E-state index in [4.69, 9.17) is 11.6 Å². The summed E-state index contributed by atoms with van der Waals surface area (Å²) in [6.07, 6.45) is 0. The maximum absolute atomic E-state index is 13.7. The van der Waals surface area contributed by atoms with Crippen molar-refractivity contribution < 1.29 is 22.8 Å². The molecule has 0 saturated carbocycles. The third-order valence-corrected chi connectivity index (χ3v) is 6.15. The molecule has 2 amide bonds.